The molecule has 1 atom stereocenters. The predicted molar refractivity (Wildman–Crippen MR) is 108 cm³/mol. The minimum Gasteiger partial charge on any atom is -0.383 e. The molecule has 0 radical (unpaired) electrons. The van der Waals surface area contributed by atoms with E-state index in [0.29, 0.717) is 24.0 Å². The van der Waals surface area contributed by atoms with Gasteiger partial charge in [0.15, 0.2) is 5.17 Å². The standard InChI is InChI=1S/C20H20FN3O3S/c1-27-12-11-24-19(26)17(28-20(24)23-15-5-3-2-4-6-15)13-18(25)22-16-9-7-14(21)8-10-16/h2-10,17H,11-13H2,1H3,(H,22,25)/t17-/m0/s1. The highest BCUT2D eigenvalue weighted by atomic mass is 32.2. The van der Waals surface area contributed by atoms with Gasteiger partial charge in [-0.15, -0.1) is 0 Å². The Hall–Kier alpha value is -2.71. The maximum Gasteiger partial charge on any atom is 0.242 e. The number of aliphatic imine (C=N–C) groups is 1. The van der Waals surface area contributed by atoms with Gasteiger partial charge in [-0.2, -0.15) is 0 Å². The van der Waals surface area contributed by atoms with Crippen LogP contribution in [0.4, 0.5) is 15.8 Å². The third kappa shape index (κ3) is 5.17. The van der Waals surface area contributed by atoms with Gasteiger partial charge < -0.3 is 10.1 Å². The van der Waals surface area contributed by atoms with Crippen molar-refractivity contribution in [3.63, 3.8) is 0 Å². The number of benzene rings is 2. The second-order valence-corrected chi connectivity index (χ2v) is 7.25. The van der Waals surface area contributed by atoms with Crippen molar-refractivity contribution in [3.8, 4) is 0 Å². The fourth-order valence-corrected chi connectivity index (χ4v) is 3.82. The average Bonchev–Trinajstić information content (AvgIpc) is 2.97. The van der Waals surface area contributed by atoms with Crippen molar-refractivity contribution in [1.29, 1.82) is 0 Å². The fourth-order valence-electron chi connectivity index (χ4n) is 2.64. The van der Waals surface area contributed by atoms with Gasteiger partial charge in [-0.05, 0) is 36.4 Å². The Bertz CT molecular complexity index is 859. The smallest absolute Gasteiger partial charge is 0.242 e. The summed E-state index contributed by atoms with van der Waals surface area (Å²) in [4.78, 5) is 31.2. The van der Waals surface area contributed by atoms with Gasteiger partial charge in [0, 0.05) is 19.2 Å². The highest BCUT2D eigenvalue weighted by molar-refractivity contribution is 8.15. The summed E-state index contributed by atoms with van der Waals surface area (Å²) in [6.45, 7) is 0.735. The van der Waals surface area contributed by atoms with Crippen molar-refractivity contribution in [3.05, 3.63) is 60.4 Å². The molecule has 0 aliphatic carbocycles. The maximum absolute atomic E-state index is 13.0. The van der Waals surface area contributed by atoms with E-state index < -0.39 is 5.25 Å². The zero-order valence-corrected chi connectivity index (χ0v) is 16.1. The summed E-state index contributed by atoms with van der Waals surface area (Å²) in [6, 6.07) is 14.8. The van der Waals surface area contributed by atoms with E-state index in [0.717, 1.165) is 5.69 Å². The molecular weight excluding hydrogens is 381 g/mol. The highest BCUT2D eigenvalue weighted by Crippen LogP contribution is 2.31. The SMILES string of the molecule is COCCN1C(=O)[C@H](CC(=O)Nc2ccc(F)cc2)SC1=Nc1ccccc1. The highest BCUT2D eigenvalue weighted by Gasteiger charge is 2.38. The van der Waals surface area contributed by atoms with Crippen molar-refractivity contribution in [2.45, 2.75) is 11.7 Å². The second-order valence-electron chi connectivity index (χ2n) is 6.08. The molecular formula is C20H20FN3O3S. The normalized spacial score (nSPS) is 17.9. The van der Waals surface area contributed by atoms with Gasteiger partial charge in [-0.25, -0.2) is 9.38 Å². The summed E-state index contributed by atoms with van der Waals surface area (Å²) in [5, 5.41) is 2.66. The van der Waals surface area contributed by atoms with Gasteiger partial charge in [-0.1, -0.05) is 30.0 Å². The van der Waals surface area contributed by atoms with E-state index in [1.54, 1.807) is 12.0 Å². The Morgan fingerprint density at radius 3 is 2.61 bits per heavy atom. The molecule has 6 nitrogen and oxygen atoms in total. The zero-order valence-electron chi connectivity index (χ0n) is 15.3. The van der Waals surface area contributed by atoms with Crippen LogP contribution in [0.1, 0.15) is 6.42 Å². The van der Waals surface area contributed by atoms with Crippen molar-refractivity contribution < 1.29 is 18.7 Å². The van der Waals surface area contributed by atoms with Crippen LogP contribution in [0.25, 0.3) is 0 Å². The summed E-state index contributed by atoms with van der Waals surface area (Å²) >= 11 is 1.26. The van der Waals surface area contributed by atoms with Crippen LogP contribution >= 0.6 is 11.8 Å². The molecule has 8 heteroatoms. The van der Waals surface area contributed by atoms with Crippen LogP contribution < -0.4 is 5.32 Å². The van der Waals surface area contributed by atoms with E-state index in [1.807, 2.05) is 30.3 Å². The Kier molecular flexibility index (Phi) is 6.78. The first-order valence-corrected chi connectivity index (χ1v) is 9.61. The molecule has 0 bridgehead atoms. The van der Waals surface area contributed by atoms with Gasteiger partial charge >= 0.3 is 0 Å². The Labute approximate surface area is 166 Å². The van der Waals surface area contributed by atoms with Crippen LogP contribution in [-0.2, 0) is 14.3 Å². The van der Waals surface area contributed by atoms with Crippen LogP contribution in [0.5, 0.6) is 0 Å². The number of rotatable bonds is 7. The quantitative estimate of drug-likeness (QED) is 0.772. The Morgan fingerprint density at radius 2 is 1.93 bits per heavy atom. The molecule has 2 amide bonds. The van der Waals surface area contributed by atoms with Gasteiger partial charge in [0.05, 0.1) is 18.8 Å². The van der Waals surface area contributed by atoms with Crippen molar-refractivity contribution >= 4 is 40.1 Å². The molecule has 1 aliphatic rings. The molecule has 1 saturated heterocycles. The van der Waals surface area contributed by atoms with Crippen LogP contribution in [-0.4, -0.2) is 47.4 Å². The van der Waals surface area contributed by atoms with Crippen molar-refractivity contribution in [2.75, 3.05) is 25.6 Å². The Balaban J connectivity index is 1.70. The minimum absolute atomic E-state index is 0.00182. The number of amidine groups is 1. The molecule has 2 aromatic carbocycles. The molecule has 0 saturated carbocycles. The zero-order chi connectivity index (χ0) is 19.9. The fraction of sp³-hybridized carbons (Fsp3) is 0.250. The van der Waals surface area contributed by atoms with Crippen molar-refractivity contribution in [2.24, 2.45) is 4.99 Å². The number of amides is 2. The van der Waals surface area contributed by atoms with Crippen LogP contribution in [0.3, 0.4) is 0 Å². The minimum atomic E-state index is -0.570. The number of para-hydroxylation sites is 1. The summed E-state index contributed by atoms with van der Waals surface area (Å²) in [5.74, 6) is -0.869. The average molecular weight is 401 g/mol. The number of hydrogen-bond acceptors (Lipinski definition) is 5. The summed E-state index contributed by atoms with van der Waals surface area (Å²) in [6.07, 6.45) is -0.00182. The largest absolute Gasteiger partial charge is 0.383 e. The van der Waals surface area contributed by atoms with Gasteiger partial charge in [0.1, 0.15) is 11.1 Å². The van der Waals surface area contributed by atoms with E-state index in [-0.39, 0.29) is 24.1 Å². The maximum atomic E-state index is 13.0. The van der Waals surface area contributed by atoms with Gasteiger partial charge in [0.2, 0.25) is 11.8 Å². The van der Waals surface area contributed by atoms with E-state index in [9.17, 15) is 14.0 Å². The summed E-state index contributed by atoms with van der Waals surface area (Å²) in [7, 11) is 1.56. The van der Waals surface area contributed by atoms with Crippen LogP contribution in [0.2, 0.25) is 0 Å². The number of nitrogens with zero attached hydrogens (tertiary/aromatic N) is 2. The monoisotopic (exact) mass is 401 g/mol. The third-order valence-corrected chi connectivity index (χ3v) is 5.19. The van der Waals surface area contributed by atoms with Crippen LogP contribution in [0.15, 0.2) is 59.6 Å². The molecule has 0 unspecified atom stereocenters. The first kappa shape index (κ1) is 20.0. The number of carbonyl (C=O) groups is 2. The van der Waals surface area contributed by atoms with Gasteiger partial charge in [-0.3, -0.25) is 14.5 Å². The van der Waals surface area contributed by atoms with E-state index >= 15 is 0 Å². The number of methoxy groups -OCH3 is 1. The number of ether oxygens (including phenoxy) is 1. The number of hydrogen-bond donors (Lipinski definition) is 1. The van der Waals surface area contributed by atoms with Gasteiger partial charge in [0.25, 0.3) is 0 Å². The number of carbonyl (C=O) groups excluding carboxylic acids is 2. The van der Waals surface area contributed by atoms with Crippen molar-refractivity contribution in [1.82, 2.24) is 4.90 Å². The van der Waals surface area contributed by atoms with E-state index in [4.69, 9.17) is 4.74 Å². The number of halogens is 1. The molecule has 0 aromatic heterocycles. The second kappa shape index (κ2) is 9.48. The molecule has 1 aliphatic heterocycles. The molecule has 28 heavy (non-hydrogen) atoms. The lowest BCUT2D eigenvalue weighted by atomic mass is 10.2. The topological polar surface area (TPSA) is 71.0 Å². The molecule has 3 rings (SSSR count). The summed E-state index contributed by atoms with van der Waals surface area (Å²) in [5.41, 5.74) is 1.22. The molecule has 1 heterocycles. The third-order valence-electron chi connectivity index (χ3n) is 4.02. The van der Waals surface area contributed by atoms with Crippen LogP contribution in [0, 0.1) is 5.82 Å². The van der Waals surface area contributed by atoms with E-state index in [2.05, 4.69) is 10.3 Å². The molecule has 0 spiro atoms. The number of anilines is 1. The number of nitrogens with one attached hydrogen (secondary N) is 1. The molecule has 1 N–H and O–H groups in total. The lowest BCUT2D eigenvalue weighted by Crippen LogP contribution is -2.35. The molecule has 146 valence electrons. The first-order valence-electron chi connectivity index (χ1n) is 8.73. The molecule has 1 fully saturated rings. The lowest BCUT2D eigenvalue weighted by Gasteiger charge is -2.15. The Morgan fingerprint density at radius 1 is 1.21 bits per heavy atom. The predicted octanol–water partition coefficient (Wildman–Crippen LogP) is 3.43. The van der Waals surface area contributed by atoms with E-state index in [1.165, 1.54) is 36.0 Å². The number of thioether (sulfide) groups is 1. The molecule has 2 aromatic rings. The lowest BCUT2D eigenvalue weighted by molar-refractivity contribution is -0.128. The summed E-state index contributed by atoms with van der Waals surface area (Å²) < 4.78 is 18.1. The first-order chi connectivity index (χ1) is 13.6.